The number of hydrogen-bond donors (Lipinski definition) is 0. The molecular weight excluding hydrogens is 408 g/mol. The smallest absolute Gasteiger partial charge is 0.216 e. The first kappa shape index (κ1) is 19.7. The Bertz CT molecular complexity index is 1600. The molecule has 4 nitrogen and oxygen atoms in total. The van der Waals surface area contributed by atoms with Gasteiger partial charge in [0.15, 0.2) is 6.20 Å². The van der Waals surface area contributed by atoms with Gasteiger partial charge in [0, 0.05) is 28.5 Å². The van der Waals surface area contributed by atoms with Gasteiger partial charge in [0.05, 0.1) is 30.4 Å². The maximum absolute atomic E-state index is 10.0. The Morgan fingerprint density at radius 1 is 0.909 bits per heavy atom. The Morgan fingerprint density at radius 2 is 1.73 bits per heavy atom. The largest absolute Gasteiger partial charge is 0.454 e. The van der Waals surface area contributed by atoms with Crippen LogP contribution in [0.15, 0.2) is 71.3 Å². The number of fused-ring (bicyclic) bond motifs is 4. The van der Waals surface area contributed by atoms with Crippen LogP contribution in [0.1, 0.15) is 22.3 Å². The summed E-state index contributed by atoms with van der Waals surface area (Å²) in [6, 6.07) is 23.1. The highest BCUT2D eigenvalue weighted by Crippen LogP contribution is 2.43. The van der Waals surface area contributed by atoms with E-state index in [2.05, 4.69) is 54.0 Å². The van der Waals surface area contributed by atoms with Crippen molar-refractivity contribution in [1.82, 2.24) is 0 Å². The highest BCUT2D eigenvalue weighted by molar-refractivity contribution is 6.14. The van der Waals surface area contributed by atoms with E-state index in [9.17, 15) is 5.26 Å². The fraction of sp³-hybridized carbons (Fsp3) is 0.172. The summed E-state index contributed by atoms with van der Waals surface area (Å²) in [5.74, 6) is 0. The van der Waals surface area contributed by atoms with Crippen LogP contribution in [0.5, 0.6) is 0 Å². The van der Waals surface area contributed by atoms with Crippen LogP contribution in [0.4, 0.5) is 0 Å². The van der Waals surface area contributed by atoms with Crippen LogP contribution in [-0.4, -0.2) is 6.61 Å². The molecule has 3 aromatic carbocycles. The molecule has 0 bridgehead atoms. The van der Waals surface area contributed by atoms with Crippen molar-refractivity contribution < 1.29 is 13.7 Å². The van der Waals surface area contributed by atoms with Gasteiger partial charge in [0.2, 0.25) is 5.69 Å². The van der Waals surface area contributed by atoms with Gasteiger partial charge in [0.1, 0.15) is 18.2 Å². The highest BCUT2D eigenvalue weighted by atomic mass is 16.5. The molecule has 0 radical (unpaired) electrons. The van der Waals surface area contributed by atoms with Gasteiger partial charge in [-0.2, -0.15) is 5.26 Å². The number of pyridine rings is 1. The van der Waals surface area contributed by atoms with Gasteiger partial charge in [-0.05, 0) is 53.8 Å². The first-order chi connectivity index (χ1) is 16.2. The van der Waals surface area contributed by atoms with E-state index in [1.165, 1.54) is 5.56 Å². The average molecular weight is 432 g/mol. The maximum Gasteiger partial charge on any atom is 0.216 e. The molecule has 3 heterocycles. The zero-order valence-corrected chi connectivity index (χ0v) is 18.7. The predicted octanol–water partition coefficient (Wildman–Crippen LogP) is 6.00. The summed E-state index contributed by atoms with van der Waals surface area (Å²) in [7, 11) is 2.05. The molecule has 0 fully saturated rings. The lowest BCUT2D eigenvalue weighted by Gasteiger charge is -2.20. The van der Waals surface area contributed by atoms with Crippen molar-refractivity contribution in [3.8, 4) is 28.5 Å². The van der Waals surface area contributed by atoms with E-state index in [0.29, 0.717) is 12.2 Å². The fourth-order valence-corrected chi connectivity index (χ4v) is 5.09. The molecule has 0 amide bonds. The zero-order chi connectivity index (χ0) is 22.5. The van der Waals surface area contributed by atoms with Crippen molar-refractivity contribution in [2.45, 2.75) is 20.0 Å². The fourth-order valence-electron chi connectivity index (χ4n) is 5.09. The molecule has 160 valence electrons. The van der Waals surface area contributed by atoms with Gasteiger partial charge in [-0.15, -0.1) is 0 Å². The van der Waals surface area contributed by atoms with E-state index in [-0.39, 0.29) is 0 Å². The molecule has 2 aromatic heterocycles. The molecule has 0 spiro atoms. The number of ether oxygens (including phenoxy) is 1. The van der Waals surface area contributed by atoms with Crippen LogP contribution in [-0.2, 0) is 24.8 Å². The number of hydrogen-bond acceptors (Lipinski definition) is 3. The molecule has 0 saturated heterocycles. The third-order valence-corrected chi connectivity index (χ3v) is 6.75. The summed E-state index contributed by atoms with van der Waals surface area (Å²) in [6.45, 7) is 3.39. The normalized spacial score (nSPS) is 13.2. The molecule has 0 saturated carbocycles. The Morgan fingerprint density at radius 3 is 2.55 bits per heavy atom. The number of furan rings is 1. The van der Waals surface area contributed by atoms with E-state index >= 15 is 0 Å². The second kappa shape index (κ2) is 7.58. The van der Waals surface area contributed by atoms with Crippen molar-refractivity contribution in [3.63, 3.8) is 0 Å². The molecule has 0 aliphatic carbocycles. The molecule has 1 aliphatic heterocycles. The van der Waals surface area contributed by atoms with Gasteiger partial charge < -0.3 is 9.15 Å². The number of aryl methyl sites for hydroxylation is 2. The predicted molar refractivity (Wildman–Crippen MR) is 129 cm³/mol. The van der Waals surface area contributed by atoms with Crippen molar-refractivity contribution in [1.29, 1.82) is 5.26 Å². The maximum atomic E-state index is 10.0. The van der Waals surface area contributed by atoms with E-state index < -0.39 is 0 Å². The summed E-state index contributed by atoms with van der Waals surface area (Å²) in [6.07, 6.45) is 2.93. The lowest BCUT2D eigenvalue weighted by molar-refractivity contribution is -0.660. The van der Waals surface area contributed by atoms with Crippen molar-refractivity contribution >= 4 is 21.9 Å². The van der Waals surface area contributed by atoms with Crippen molar-refractivity contribution in [2.75, 3.05) is 6.61 Å². The Kier molecular flexibility index (Phi) is 4.53. The molecule has 0 unspecified atom stereocenters. The number of aromatic nitrogens is 1. The third kappa shape index (κ3) is 2.97. The lowest BCUT2D eigenvalue weighted by atomic mass is 9.90. The lowest BCUT2D eigenvalue weighted by Crippen LogP contribution is -2.30. The Hall–Kier alpha value is -3.94. The summed E-state index contributed by atoms with van der Waals surface area (Å²) in [5.41, 5.74) is 9.86. The van der Waals surface area contributed by atoms with Gasteiger partial charge in [0.25, 0.3) is 0 Å². The summed E-state index contributed by atoms with van der Waals surface area (Å²) >= 11 is 0. The first-order valence-corrected chi connectivity index (χ1v) is 11.2. The van der Waals surface area contributed by atoms with Gasteiger partial charge in [-0.25, -0.2) is 4.57 Å². The molecular formula is C29H23N2O2+. The molecule has 33 heavy (non-hydrogen) atoms. The van der Waals surface area contributed by atoms with E-state index in [0.717, 1.165) is 68.5 Å². The second-order valence-electron chi connectivity index (χ2n) is 8.66. The van der Waals surface area contributed by atoms with E-state index in [1.54, 1.807) is 0 Å². The highest BCUT2D eigenvalue weighted by Gasteiger charge is 2.24. The van der Waals surface area contributed by atoms with Gasteiger partial charge >= 0.3 is 0 Å². The first-order valence-electron chi connectivity index (χ1n) is 11.2. The Labute approximate surface area is 192 Å². The monoisotopic (exact) mass is 431 g/mol. The molecule has 4 heteroatoms. The molecule has 0 atom stereocenters. The molecule has 6 rings (SSSR count). The third-order valence-electron chi connectivity index (χ3n) is 6.75. The molecule has 0 N–H and O–H groups in total. The van der Waals surface area contributed by atoms with Crippen LogP contribution in [0.25, 0.3) is 44.3 Å². The minimum absolute atomic E-state index is 0.553. The van der Waals surface area contributed by atoms with Crippen LogP contribution < -0.4 is 4.57 Å². The number of nitrogens with zero attached hydrogens (tertiary/aromatic N) is 2. The minimum atomic E-state index is 0.553. The minimum Gasteiger partial charge on any atom is -0.454 e. The van der Waals surface area contributed by atoms with Crippen LogP contribution >= 0.6 is 0 Å². The van der Waals surface area contributed by atoms with Gasteiger partial charge in [-0.1, -0.05) is 30.3 Å². The van der Waals surface area contributed by atoms with Crippen LogP contribution in [0.2, 0.25) is 0 Å². The standard InChI is InChI=1S/C29H23N2O2/c1-18-9-11-22-23-12-10-20(16-30)27(21-7-5-6-19-13-15-32-17-24(19)21)29(23)33-28(22)26(18)25-8-3-4-14-31(25)2/h3-12,14H,13,15,17H2,1-2H3/q+1. The average Bonchev–Trinajstić information content (AvgIpc) is 3.22. The van der Waals surface area contributed by atoms with Crippen LogP contribution in [0.3, 0.4) is 0 Å². The second-order valence-corrected chi connectivity index (χ2v) is 8.66. The molecule has 5 aromatic rings. The topological polar surface area (TPSA) is 50.0 Å². The van der Waals surface area contributed by atoms with E-state index in [1.807, 2.05) is 37.5 Å². The summed E-state index contributed by atoms with van der Waals surface area (Å²) < 4.78 is 14.6. The Balaban J connectivity index is 1.73. The number of rotatable bonds is 2. The summed E-state index contributed by atoms with van der Waals surface area (Å²) in [4.78, 5) is 0. The van der Waals surface area contributed by atoms with E-state index in [4.69, 9.17) is 9.15 Å². The van der Waals surface area contributed by atoms with Crippen LogP contribution in [0, 0.1) is 18.3 Å². The number of benzene rings is 3. The molecule has 1 aliphatic rings. The number of nitriles is 1. The SMILES string of the molecule is Cc1ccc2c(oc3c(-c4cccc5c4COCC5)c(C#N)ccc32)c1-c1cccc[n+]1C. The zero-order valence-electron chi connectivity index (χ0n) is 18.7. The van der Waals surface area contributed by atoms with Crippen molar-refractivity contribution in [3.05, 3.63) is 89.1 Å². The quantitative estimate of drug-likeness (QED) is 0.322. The van der Waals surface area contributed by atoms with Gasteiger partial charge in [-0.3, -0.25) is 0 Å². The van der Waals surface area contributed by atoms with Crippen molar-refractivity contribution in [2.24, 2.45) is 7.05 Å². The summed E-state index contributed by atoms with van der Waals surface area (Å²) in [5, 5.41) is 12.1.